The van der Waals surface area contributed by atoms with Crippen LogP contribution in [0.3, 0.4) is 0 Å². The Kier molecular flexibility index (Phi) is 2.77. The van der Waals surface area contributed by atoms with Gasteiger partial charge in [-0.1, -0.05) is 18.2 Å². The van der Waals surface area contributed by atoms with Crippen LogP contribution in [0.5, 0.6) is 5.75 Å². The molecular formula is C16H19NO2. The van der Waals surface area contributed by atoms with E-state index in [9.17, 15) is 10.2 Å². The summed E-state index contributed by atoms with van der Waals surface area (Å²) in [6.45, 7) is 2.97. The van der Waals surface area contributed by atoms with E-state index in [2.05, 4.69) is 11.8 Å². The van der Waals surface area contributed by atoms with Crippen molar-refractivity contribution < 1.29 is 10.2 Å². The quantitative estimate of drug-likeness (QED) is 0.824. The first-order valence-corrected chi connectivity index (χ1v) is 6.66. The molecule has 3 rings (SSSR count). The van der Waals surface area contributed by atoms with Gasteiger partial charge in [0.25, 0.3) is 0 Å². The van der Waals surface area contributed by atoms with E-state index >= 15 is 0 Å². The number of aliphatic hydroxyl groups is 1. The molecule has 1 aliphatic rings. The normalized spacial score (nSPS) is 28.1. The predicted octanol–water partition coefficient (Wildman–Crippen LogP) is 2.46. The van der Waals surface area contributed by atoms with Gasteiger partial charge in [-0.3, -0.25) is 0 Å². The number of fused-ring (bicyclic) bond motifs is 1. The summed E-state index contributed by atoms with van der Waals surface area (Å²) in [6, 6.07) is 11.4. The molecule has 0 aromatic heterocycles. The lowest BCUT2D eigenvalue weighted by atomic mass is 9.86. The second-order valence-corrected chi connectivity index (χ2v) is 5.58. The van der Waals surface area contributed by atoms with Gasteiger partial charge in [0.1, 0.15) is 11.4 Å². The maximum absolute atomic E-state index is 10.9. The van der Waals surface area contributed by atoms with Crippen molar-refractivity contribution in [3.8, 4) is 5.75 Å². The summed E-state index contributed by atoms with van der Waals surface area (Å²) in [4.78, 5) is 2.18. The topological polar surface area (TPSA) is 43.7 Å². The predicted molar refractivity (Wildman–Crippen MR) is 76.2 cm³/mol. The van der Waals surface area contributed by atoms with Gasteiger partial charge in [-0.25, -0.2) is 0 Å². The number of hydrogen-bond donors (Lipinski definition) is 2. The number of rotatable bonds is 1. The fourth-order valence-electron chi connectivity index (χ4n) is 3.00. The zero-order chi connectivity index (χ0) is 13.6. The lowest BCUT2D eigenvalue weighted by Crippen LogP contribution is -2.38. The minimum Gasteiger partial charge on any atom is -0.508 e. The first-order valence-electron chi connectivity index (χ1n) is 6.66. The lowest BCUT2D eigenvalue weighted by Gasteiger charge is -2.30. The van der Waals surface area contributed by atoms with E-state index in [0.29, 0.717) is 0 Å². The van der Waals surface area contributed by atoms with Gasteiger partial charge in [-0.2, -0.15) is 0 Å². The minimum absolute atomic E-state index is 0.113. The Morgan fingerprint density at radius 1 is 1.16 bits per heavy atom. The molecule has 0 saturated carbocycles. The van der Waals surface area contributed by atoms with Crippen LogP contribution in [0.25, 0.3) is 10.8 Å². The van der Waals surface area contributed by atoms with Gasteiger partial charge in [0.2, 0.25) is 0 Å². The van der Waals surface area contributed by atoms with E-state index in [1.807, 2.05) is 31.3 Å². The number of likely N-dealkylation sites (N-methyl/N-ethyl adjacent to an activating group) is 1. The molecule has 1 saturated heterocycles. The van der Waals surface area contributed by atoms with Gasteiger partial charge in [-0.15, -0.1) is 0 Å². The number of hydrogen-bond acceptors (Lipinski definition) is 3. The fourth-order valence-corrected chi connectivity index (χ4v) is 3.00. The van der Waals surface area contributed by atoms with Crippen LogP contribution in [0.4, 0.5) is 0 Å². The van der Waals surface area contributed by atoms with Gasteiger partial charge in [0.15, 0.2) is 0 Å². The molecule has 1 fully saturated rings. The molecule has 2 aromatic rings. The van der Waals surface area contributed by atoms with Crippen molar-refractivity contribution >= 4 is 10.8 Å². The van der Waals surface area contributed by atoms with Crippen molar-refractivity contribution in [2.75, 3.05) is 13.6 Å². The summed E-state index contributed by atoms with van der Waals surface area (Å²) in [6.07, 6.45) is 0.758. The highest BCUT2D eigenvalue weighted by atomic mass is 16.3. The monoisotopic (exact) mass is 257 g/mol. The number of aromatic hydroxyl groups is 1. The SMILES string of the molecule is CC1N(C)CCC1(O)c1ccc2cc(O)ccc2c1. The van der Waals surface area contributed by atoms with Crippen molar-refractivity contribution in [1.29, 1.82) is 0 Å². The Bertz CT molecular complexity index is 625. The smallest absolute Gasteiger partial charge is 0.116 e. The number of nitrogens with zero attached hydrogens (tertiary/aromatic N) is 1. The highest BCUT2D eigenvalue weighted by Crippen LogP contribution is 2.38. The van der Waals surface area contributed by atoms with E-state index < -0.39 is 5.60 Å². The molecule has 1 aliphatic heterocycles. The van der Waals surface area contributed by atoms with E-state index in [4.69, 9.17) is 0 Å². The number of benzene rings is 2. The molecule has 3 nitrogen and oxygen atoms in total. The van der Waals surface area contributed by atoms with Crippen molar-refractivity contribution in [2.45, 2.75) is 25.0 Å². The van der Waals surface area contributed by atoms with Crippen LogP contribution in [-0.2, 0) is 5.60 Å². The summed E-state index contributed by atoms with van der Waals surface area (Å²) in [5.41, 5.74) is 0.184. The van der Waals surface area contributed by atoms with Crippen LogP contribution in [-0.4, -0.2) is 34.7 Å². The minimum atomic E-state index is -0.777. The third-order valence-electron chi connectivity index (χ3n) is 4.52. The van der Waals surface area contributed by atoms with Gasteiger partial charge in [0.05, 0.1) is 0 Å². The van der Waals surface area contributed by atoms with Gasteiger partial charge < -0.3 is 15.1 Å². The molecule has 0 radical (unpaired) electrons. The molecule has 1 heterocycles. The first-order chi connectivity index (χ1) is 9.00. The van der Waals surface area contributed by atoms with Crippen LogP contribution in [0.15, 0.2) is 36.4 Å². The maximum atomic E-state index is 10.9. The zero-order valence-electron chi connectivity index (χ0n) is 11.3. The average molecular weight is 257 g/mol. The van der Waals surface area contributed by atoms with Gasteiger partial charge in [-0.05, 0) is 54.9 Å². The molecule has 100 valence electrons. The van der Waals surface area contributed by atoms with Crippen LogP contribution >= 0.6 is 0 Å². The zero-order valence-corrected chi connectivity index (χ0v) is 11.3. The lowest BCUT2D eigenvalue weighted by molar-refractivity contribution is 0.0110. The van der Waals surface area contributed by atoms with Crippen LogP contribution in [0, 0.1) is 0 Å². The van der Waals surface area contributed by atoms with E-state index in [0.717, 1.165) is 29.3 Å². The van der Waals surface area contributed by atoms with Gasteiger partial charge >= 0.3 is 0 Å². The van der Waals surface area contributed by atoms with E-state index in [1.54, 1.807) is 12.1 Å². The highest BCUT2D eigenvalue weighted by molar-refractivity contribution is 5.84. The number of likely N-dealkylation sites (tertiary alicyclic amines) is 1. The van der Waals surface area contributed by atoms with E-state index in [-0.39, 0.29) is 11.8 Å². The maximum Gasteiger partial charge on any atom is 0.116 e. The third-order valence-corrected chi connectivity index (χ3v) is 4.52. The first kappa shape index (κ1) is 12.5. The second-order valence-electron chi connectivity index (χ2n) is 5.58. The van der Waals surface area contributed by atoms with Crippen LogP contribution in [0.2, 0.25) is 0 Å². The van der Waals surface area contributed by atoms with Crippen molar-refractivity contribution in [3.63, 3.8) is 0 Å². The van der Waals surface area contributed by atoms with Crippen molar-refractivity contribution in [3.05, 3.63) is 42.0 Å². The Morgan fingerprint density at radius 3 is 2.53 bits per heavy atom. The van der Waals surface area contributed by atoms with Gasteiger partial charge in [0, 0.05) is 12.6 Å². The molecule has 2 N–H and O–H groups in total. The fraction of sp³-hybridized carbons (Fsp3) is 0.375. The third kappa shape index (κ3) is 1.90. The van der Waals surface area contributed by atoms with Crippen molar-refractivity contribution in [2.24, 2.45) is 0 Å². The van der Waals surface area contributed by atoms with E-state index in [1.165, 1.54) is 0 Å². The molecule has 0 amide bonds. The molecule has 0 bridgehead atoms. The molecule has 0 spiro atoms. The Labute approximate surface area is 113 Å². The molecule has 3 heteroatoms. The molecule has 19 heavy (non-hydrogen) atoms. The van der Waals surface area contributed by atoms with Crippen molar-refractivity contribution in [1.82, 2.24) is 4.90 Å². The molecular weight excluding hydrogens is 238 g/mol. The number of phenols is 1. The molecule has 0 aliphatic carbocycles. The average Bonchev–Trinajstić information content (AvgIpc) is 2.67. The summed E-state index contributed by atoms with van der Waals surface area (Å²) < 4.78 is 0. The Morgan fingerprint density at radius 2 is 1.84 bits per heavy atom. The summed E-state index contributed by atoms with van der Waals surface area (Å²) in [5, 5.41) is 22.4. The van der Waals surface area contributed by atoms with Crippen LogP contribution in [0.1, 0.15) is 18.9 Å². The Balaban J connectivity index is 2.09. The molecule has 2 aromatic carbocycles. The standard InChI is InChI=1S/C16H19NO2/c1-11-16(19,7-8-17(11)2)14-5-3-13-10-15(18)6-4-12(13)9-14/h3-6,9-11,18-19H,7-8H2,1-2H3. The summed E-state index contributed by atoms with van der Waals surface area (Å²) >= 11 is 0. The molecule has 2 unspecified atom stereocenters. The largest absolute Gasteiger partial charge is 0.508 e. The highest BCUT2D eigenvalue weighted by Gasteiger charge is 2.42. The Hall–Kier alpha value is -1.58. The second kappa shape index (κ2) is 4.22. The molecule has 2 atom stereocenters. The summed E-state index contributed by atoms with van der Waals surface area (Å²) in [7, 11) is 2.04. The summed E-state index contributed by atoms with van der Waals surface area (Å²) in [5.74, 6) is 0.271. The number of phenolic OH excluding ortho intramolecular Hbond substituents is 1. The van der Waals surface area contributed by atoms with Crippen LogP contribution < -0.4 is 0 Å².